The van der Waals surface area contributed by atoms with Gasteiger partial charge in [0.25, 0.3) is 0 Å². The predicted molar refractivity (Wildman–Crippen MR) is 44.8 cm³/mol. The summed E-state index contributed by atoms with van der Waals surface area (Å²) >= 11 is 0. The molecule has 0 spiro atoms. The molecule has 0 heterocycles. The number of rotatable bonds is 3. The van der Waals surface area contributed by atoms with Gasteiger partial charge in [0, 0.05) is 6.42 Å². The van der Waals surface area contributed by atoms with E-state index in [0.717, 1.165) is 18.6 Å². The molecule has 0 aliphatic carbocycles. The molecule has 0 amide bonds. The summed E-state index contributed by atoms with van der Waals surface area (Å²) in [5.74, 6) is 0.884. The van der Waals surface area contributed by atoms with Crippen molar-refractivity contribution < 1.29 is 4.74 Å². The van der Waals surface area contributed by atoms with E-state index in [4.69, 9.17) is 4.74 Å². The van der Waals surface area contributed by atoms with Crippen molar-refractivity contribution in [3.63, 3.8) is 0 Å². The summed E-state index contributed by atoms with van der Waals surface area (Å²) in [6.45, 7) is 10.4. The van der Waals surface area contributed by atoms with Crippen molar-refractivity contribution in [3.05, 3.63) is 12.3 Å². The van der Waals surface area contributed by atoms with Crippen molar-refractivity contribution in [1.82, 2.24) is 0 Å². The largest absolute Gasteiger partial charge is 0.502 e. The molecule has 0 aliphatic heterocycles. The molecule has 10 heavy (non-hydrogen) atoms. The van der Waals surface area contributed by atoms with E-state index in [0.29, 0.717) is 5.41 Å². The van der Waals surface area contributed by atoms with Gasteiger partial charge in [-0.2, -0.15) is 0 Å². The van der Waals surface area contributed by atoms with Crippen LogP contribution in [0.5, 0.6) is 0 Å². The minimum Gasteiger partial charge on any atom is -0.502 e. The van der Waals surface area contributed by atoms with Crippen LogP contribution in [-0.4, -0.2) is 7.11 Å². The summed E-state index contributed by atoms with van der Waals surface area (Å²) in [7, 11) is 1.67. The molecule has 0 aromatic rings. The Kier molecular flexibility index (Phi) is 3.48. The molecule has 0 radical (unpaired) electrons. The molecule has 0 aliphatic rings. The maximum atomic E-state index is 4.95. The van der Waals surface area contributed by atoms with E-state index in [1.54, 1.807) is 7.11 Å². The van der Waals surface area contributed by atoms with Gasteiger partial charge in [-0.3, -0.25) is 0 Å². The van der Waals surface area contributed by atoms with Crippen LogP contribution < -0.4 is 0 Å². The number of ether oxygens (including phenoxy) is 1. The molecule has 0 saturated heterocycles. The third kappa shape index (κ3) is 5.67. The second-order valence-corrected chi connectivity index (χ2v) is 3.80. The van der Waals surface area contributed by atoms with Crippen molar-refractivity contribution in [1.29, 1.82) is 0 Å². The Bertz CT molecular complexity index is 108. The highest BCUT2D eigenvalue weighted by atomic mass is 16.5. The van der Waals surface area contributed by atoms with Crippen molar-refractivity contribution in [2.75, 3.05) is 7.11 Å². The van der Waals surface area contributed by atoms with Gasteiger partial charge < -0.3 is 4.74 Å². The molecule has 1 heteroatoms. The lowest BCUT2D eigenvalue weighted by Gasteiger charge is -2.17. The van der Waals surface area contributed by atoms with E-state index >= 15 is 0 Å². The zero-order valence-corrected chi connectivity index (χ0v) is 7.53. The van der Waals surface area contributed by atoms with Gasteiger partial charge in [-0.15, -0.1) is 0 Å². The summed E-state index contributed by atoms with van der Waals surface area (Å²) in [6, 6.07) is 0. The Balaban J connectivity index is 3.46. The lowest BCUT2D eigenvalue weighted by molar-refractivity contribution is 0.257. The number of hydrogen-bond donors (Lipinski definition) is 0. The molecule has 1 nitrogen and oxygen atoms in total. The van der Waals surface area contributed by atoms with E-state index in [-0.39, 0.29) is 0 Å². The zero-order valence-electron chi connectivity index (χ0n) is 7.53. The SMILES string of the molecule is C=C(CCC(C)(C)C)OC. The predicted octanol–water partition coefficient (Wildman–Crippen LogP) is 2.97. The topological polar surface area (TPSA) is 9.23 Å². The lowest BCUT2D eigenvalue weighted by atomic mass is 9.90. The van der Waals surface area contributed by atoms with Crippen LogP contribution in [-0.2, 0) is 4.74 Å². The van der Waals surface area contributed by atoms with Crippen LogP contribution in [0.3, 0.4) is 0 Å². The molecule has 0 aromatic heterocycles. The highest BCUT2D eigenvalue weighted by Gasteiger charge is 2.09. The second-order valence-electron chi connectivity index (χ2n) is 3.80. The second kappa shape index (κ2) is 3.65. The third-order valence-corrected chi connectivity index (χ3v) is 1.44. The molecule has 0 saturated carbocycles. The van der Waals surface area contributed by atoms with Gasteiger partial charge in [0.05, 0.1) is 12.9 Å². The van der Waals surface area contributed by atoms with Crippen LogP contribution in [0.4, 0.5) is 0 Å². The summed E-state index contributed by atoms with van der Waals surface area (Å²) in [4.78, 5) is 0. The van der Waals surface area contributed by atoms with Crippen LogP contribution in [0, 0.1) is 5.41 Å². The van der Waals surface area contributed by atoms with E-state index in [1.807, 2.05) is 0 Å². The molecular weight excluding hydrogens is 124 g/mol. The first-order chi connectivity index (χ1) is 4.45. The Morgan fingerprint density at radius 2 is 1.90 bits per heavy atom. The standard InChI is InChI=1S/C9H18O/c1-8(10-5)6-7-9(2,3)4/h1,6-7H2,2-5H3. The van der Waals surface area contributed by atoms with E-state index < -0.39 is 0 Å². The number of methoxy groups -OCH3 is 1. The molecular formula is C9H18O. The quantitative estimate of drug-likeness (QED) is 0.550. The maximum Gasteiger partial charge on any atom is 0.0884 e. The molecule has 60 valence electrons. The molecule has 0 unspecified atom stereocenters. The van der Waals surface area contributed by atoms with Crippen LogP contribution in [0.25, 0.3) is 0 Å². The Morgan fingerprint density at radius 1 is 1.40 bits per heavy atom. The zero-order chi connectivity index (χ0) is 8.20. The van der Waals surface area contributed by atoms with Crippen LogP contribution >= 0.6 is 0 Å². The minimum absolute atomic E-state index is 0.390. The normalized spacial score (nSPS) is 11.2. The van der Waals surface area contributed by atoms with Crippen LogP contribution in [0.1, 0.15) is 33.6 Å². The van der Waals surface area contributed by atoms with Gasteiger partial charge in [-0.1, -0.05) is 27.4 Å². The highest BCUT2D eigenvalue weighted by molar-refractivity contribution is 4.83. The molecule has 0 bridgehead atoms. The highest BCUT2D eigenvalue weighted by Crippen LogP contribution is 2.22. The van der Waals surface area contributed by atoms with E-state index in [9.17, 15) is 0 Å². The molecule has 0 N–H and O–H groups in total. The summed E-state index contributed by atoms with van der Waals surface area (Å²) in [5.41, 5.74) is 0.390. The van der Waals surface area contributed by atoms with Gasteiger partial charge in [0.15, 0.2) is 0 Å². The van der Waals surface area contributed by atoms with Crippen molar-refractivity contribution in [3.8, 4) is 0 Å². The number of allylic oxidation sites excluding steroid dienone is 1. The first-order valence-electron chi connectivity index (χ1n) is 3.67. The van der Waals surface area contributed by atoms with Gasteiger partial charge in [0.2, 0.25) is 0 Å². The fraction of sp³-hybridized carbons (Fsp3) is 0.778. The average molecular weight is 142 g/mol. The maximum absolute atomic E-state index is 4.95. The van der Waals surface area contributed by atoms with Crippen molar-refractivity contribution in [2.24, 2.45) is 5.41 Å². The summed E-state index contributed by atoms with van der Waals surface area (Å²) < 4.78 is 4.95. The smallest absolute Gasteiger partial charge is 0.0884 e. The van der Waals surface area contributed by atoms with Crippen molar-refractivity contribution in [2.45, 2.75) is 33.6 Å². The first kappa shape index (κ1) is 9.54. The van der Waals surface area contributed by atoms with E-state index in [1.165, 1.54) is 0 Å². The number of hydrogen-bond acceptors (Lipinski definition) is 1. The van der Waals surface area contributed by atoms with E-state index in [2.05, 4.69) is 27.4 Å². The molecule has 0 atom stereocenters. The molecule has 0 aromatic carbocycles. The minimum atomic E-state index is 0.390. The van der Waals surface area contributed by atoms with Gasteiger partial charge in [-0.25, -0.2) is 0 Å². The summed E-state index contributed by atoms with van der Waals surface area (Å²) in [5, 5.41) is 0. The molecule has 0 rings (SSSR count). The first-order valence-corrected chi connectivity index (χ1v) is 3.67. The average Bonchev–Trinajstić information content (AvgIpc) is 1.81. The van der Waals surface area contributed by atoms with Crippen LogP contribution in [0.2, 0.25) is 0 Å². The fourth-order valence-corrected chi connectivity index (χ4v) is 0.616. The Hall–Kier alpha value is -0.460. The van der Waals surface area contributed by atoms with Crippen molar-refractivity contribution >= 4 is 0 Å². The summed E-state index contributed by atoms with van der Waals surface area (Å²) in [6.07, 6.45) is 2.11. The Labute approximate surface area is 64.1 Å². The lowest BCUT2D eigenvalue weighted by Crippen LogP contribution is -2.04. The third-order valence-electron chi connectivity index (χ3n) is 1.44. The van der Waals surface area contributed by atoms with Gasteiger partial charge in [0.1, 0.15) is 0 Å². The monoisotopic (exact) mass is 142 g/mol. The fourth-order valence-electron chi connectivity index (χ4n) is 0.616. The van der Waals surface area contributed by atoms with Gasteiger partial charge in [-0.05, 0) is 11.8 Å². The van der Waals surface area contributed by atoms with Crippen LogP contribution in [0.15, 0.2) is 12.3 Å². The molecule has 0 fully saturated rings. The Morgan fingerprint density at radius 3 is 2.20 bits per heavy atom. The van der Waals surface area contributed by atoms with Gasteiger partial charge >= 0.3 is 0 Å².